The zero-order chi connectivity index (χ0) is 30.9. The fourth-order valence-corrected chi connectivity index (χ4v) is 7.36. The topological polar surface area (TPSA) is 73.9 Å². The number of ether oxygens (including phenoxy) is 3. The average molecular weight is 628 g/mol. The van der Waals surface area contributed by atoms with Gasteiger partial charge >= 0.3 is 12.1 Å². The van der Waals surface area contributed by atoms with Crippen LogP contribution in [-0.4, -0.2) is 35.2 Å². The predicted octanol–water partition coefficient (Wildman–Crippen LogP) is 8.40. The van der Waals surface area contributed by atoms with Crippen molar-refractivity contribution in [2.45, 2.75) is 50.7 Å². The van der Waals surface area contributed by atoms with Gasteiger partial charge in [0.2, 0.25) is 0 Å². The largest absolute Gasteiger partial charge is 0.489 e. The number of hydrogen-bond donors (Lipinski definition) is 1. The van der Waals surface area contributed by atoms with Crippen LogP contribution in [0.5, 0.6) is 5.75 Å². The second kappa shape index (κ2) is 14.7. The van der Waals surface area contributed by atoms with Crippen LogP contribution in [-0.2, 0) is 27.5 Å². The average Bonchev–Trinajstić information content (AvgIpc) is 3.35. The second-order valence-corrected chi connectivity index (χ2v) is 14.7. The molecule has 0 saturated carbocycles. The minimum Gasteiger partial charge on any atom is -0.489 e. The molecule has 4 aromatic rings. The van der Waals surface area contributed by atoms with Crippen LogP contribution in [0.3, 0.4) is 0 Å². The summed E-state index contributed by atoms with van der Waals surface area (Å²) < 4.78 is 17.2. The molecule has 0 heterocycles. The number of esters is 1. The molecule has 4 aromatic carbocycles. The van der Waals surface area contributed by atoms with E-state index in [1.807, 2.05) is 78.9 Å². The molecule has 0 bridgehead atoms. The highest BCUT2D eigenvalue weighted by atomic mass is 33.1. The first-order chi connectivity index (χ1) is 21.3. The molecule has 228 valence electrons. The lowest BCUT2D eigenvalue weighted by molar-refractivity contribution is -0.146. The van der Waals surface area contributed by atoms with Crippen molar-refractivity contribution in [3.63, 3.8) is 0 Å². The van der Waals surface area contributed by atoms with Crippen LogP contribution in [0.25, 0.3) is 11.1 Å². The first-order valence-corrected chi connectivity index (χ1v) is 16.9. The molecular weight excluding hydrogens is 591 g/mol. The van der Waals surface area contributed by atoms with Crippen LogP contribution < -0.4 is 10.1 Å². The summed E-state index contributed by atoms with van der Waals surface area (Å²) in [6, 6.07) is 32.9. The molecule has 1 aliphatic rings. The van der Waals surface area contributed by atoms with E-state index in [0.29, 0.717) is 12.4 Å². The molecule has 8 heteroatoms. The first-order valence-electron chi connectivity index (χ1n) is 14.6. The first kappa shape index (κ1) is 31.5. The summed E-state index contributed by atoms with van der Waals surface area (Å²) in [6.45, 7) is 7.03. The number of hydrogen-bond acceptors (Lipinski definition) is 7. The van der Waals surface area contributed by atoms with Gasteiger partial charge in [-0.3, -0.25) is 0 Å². The maximum atomic E-state index is 13.2. The Morgan fingerprint density at radius 3 is 1.98 bits per heavy atom. The van der Waals surface area contributed by atoms with Crippen LogP contribution in [0.1, 0.15) is 48.9 Å². The molecule has 1 atom stereocenters. The SMILES string of the molecule is CC(C)(C)SSCC(NC(=O)OCC1c2ccccc2-c2ccccc21)C(=O)OCc1ccc(OCc2ccccc2)cc1. The van der Waals surface area contributed by atoms with Gasteiger partial charge in [-0.05, 0) is 45.5 Å². The monoisotopic (exact) mass is 627 g/mol. The van der Waals surface area contributed by atoms with Gasteiger partial charge in [0.15, 0.2) is 0 Å². The number of rotatable bonds is 12. The van der Waals surface area contributed by atoms with E-state index in [0.717, 1.165) is 39.1 Å². The van der Waals surface area contributed by atoms with E-state index >= 15 is 0 Å². The van der Waals surface area contributed by atoms with E-state index in [4.69, 9.17) is 14.2 Å². The standard InChI is InChI=1S/C36H37NO5S2/c1-36(2,3)44-43-24-33(34(38)41-22-26-17-19-27(20-18-26)40-21-25-11-5-4-6-12-25)37-35(39)42-23-32-30-15-9-7-13-28(30)29-14-8-10-16-31(29)32/h4-20,32-33H,21-24H2,1-3H3,(H,37,39). The Morgan fingerprint density at radius 2 is 1.34 bits per heavy atom. The third-order valence-corrected chi connectivity index (χ3v) is 10.4. The van der Waals surface area contributed by atoms with E-state index in [1.54, 1.807) is 10.8 Å². The summed E-state index contributed by atoms with van der Waals surface area (Å²) >= 11 is 0. The van der Waals surface area contributed by atoms with E-state index in [1.165, 1.54) is 10.8 Å². The molecule has 6 nitrogen and oxygen atoms in total. The van der Waals surface area contributed by atoms with Crippen LogP contribution >= 0.6 is 21.6 Å². The van der Waals surface area contributed by atoms with Crippen LogP contribution in [0.2, 0.25) is 0 Å². The smallest absolute Gasteiger partial charge is 0.407 e. The lowest BCUT2D eigenvalue weighted by atomic mass is 9.98. The summed E-state index contributed by atoms with van der Waals surface area (Å²) in [4.78, 5) is 26.2. The van der Waals surface area contributed by atoms with Crippen LogP contribution in [0.4, 0.5) is 4.79 Å². The fraction of sp³-hybridized carbons (Fsp3) is 0.278. The molecule has 0 spiro atoms. The molecule has 5 rings (SSSR count). The molecule has 1 amide bonds. The van der Waals surface area contributed by atoms with Crippen molar-refractivity contribution < 1.29 is 23.8 Å². The number of carbonyl (C=O) groups excluding carboxylic acids is 2. The molecule has 1 N–H and O–H groups in total. The van der Waals surface area contributed by atoms with Gasteiger partial charge in [-0.15, -0.1) is 0 Å². The highest BCUT2D eigenvalue weighted by molar-refractivity contribution is 8.77. The van der Waals surface area contributed by atoms with Gasteiger partial charge in [0.25, 0.3) is 0 Å². The minimum atomic E-state index is -0.862. The fourth-order valence-electron chi connectivity index (χ4n) is 4.91. The van der Waals surface area contributed by atoms with Gasteiger partial charge in [0.05, 0.1) is 0 Å². The van der Waals surface area contributed by atoms with Crippen LogP contribution in [0, 0.1) is 0 Å². The Balaban J connectivity index is 1.16. The zero-order valence-corrected chi connectivity index (χ0v) is 26.8. The highest BCUT2D eigenvalue weighted by Crippen LogP contribution is 2.44. The third-order valence-electron chi connectivity index (χ3n) is 7.02. The van der Waals surface area contributed by atoms with E-state index in [9.17, 15) is 9.59 Å². The van der Waals surface area contributed by atoms with Crippen molar-refractivity contribution in [3.8, 4) is 16.9 Å². The van der Waals surface area contributed by atoms with Crippen molar-refractivity contribution in [2.24, 2.45) is 0 Å². The molecule has 0 fully saturated rings. The minimum absolute atomic E-state index is 0.00673. The summed E-state index contributed by atoms with van der Waals surface area (Å²) in [6.07, 6.45) is -0.643. The van der Waals surface area contributed by atoms with Gasteiger partial charge in [-0.2, -0.15) is 0 Å². The molecule has 44 heavy (non-hydrogen) atoms. The number of carbonyl (C=O) groups is 2. The third kappa shape index (κ3) is 8.61. The number of alkyl carbamates (subject to hydrolysis) is 1. The Morgan fingerprint density at radius 1 is 0.750 bits per heavy atom. The Hall–Kier alpha value is -3.88. The Kier molecular flexibility index (Phi) is 10.6. The van der Waals surface area contributed by atoms with E-state index in [-0.39, 0.29) is 23.9 Å². The molecule has 0 saturated heterocycles. The molecule has 1 unspecified atom stereocenters. The second-order valence-electron chi connectivity index (χ2n) is 11.5. The quantitative estimate of drug-likeness (QED) is 0.125. The number of fused-ring (bicyclic) bond motifs is 3. The van der Waals surface area contributed by atoms with Gasteiger partial charge in [-0.25, -0.2) is 9.59 Å². The molecule has 0 aliphatic heterocycles. The molecule has 0 radical (unpaired) electrons. The van der Waals surface area contributed by atoms with Crippen molar-refractivity contribution in [2.75, 3.05) is 12.4 Å². The Labute approximate surface area is 267 Å². The zero-order valence-electron chi connectivity index (χ0n) is 25.2. The summed E-state index contributed by atoms with van der Waals surface area (Å²) in [5.41, 5.74) is 6.48. The molecular formula is C36H37NO5S2. The molecule has 1 aliphatic carbocycles. The summed E-state index contributed by atoms with van der Waals surface area (Å²) in [5.74, 6) is 0.500. The summed E-state index contributed by atoms with van der Waals surface area (Å²) in [5, 5.41) is 2.76. The van der Waals surface area contributed by atoms with E-state index < -0.39 is 18.1 Å². The van der Waals surface area contributed by atoms with Gasteiger partial charge < -0.3 is 19.5 Å². The maximum Gasteiger partial charge on any atom is 0.407 e. The van der Waals surface area contributed by atoms with E-state index in [2.05, 4.69) is 50.4 Å². The lowest BCUT2D eigenvalue weighted by Crippen LogP contribution is -2.44. The predicted molar refractivity (Wildman–Crippen MR) is 179 cm³/mol. The molecule has 0 aromatic heterocycles. The van der Waals surface area contributed by atoms with Crippen LogP contribution in [0.15, 0.2) is 103 Å². The van der Waals surface area contributed by atoms with Gasteiger partial charge in [0.1, 0.15) is 31.6 Å². The number of nitrogens with one attached hydrogen (secondary N) is 1. The van der Waals surface area contributed by atoms with Crippen molar-refractivity contribution in [1.29, 1.82) is 0 Å². The maximum absolute atomic E-state index is 13.2. The van der Waals surface area contributed by atoms with Crippen molar-refractivity contribution in [3.05, 3.63) is 125 Å². The van der Waals surface area contributed by atoms with Crippen molar-refractivity contribution in [1.82, 2.24) is 5.32 Å². The van der Waals surface area contributed by atoms with Gasteiger partial charge in [-0.1, -0.05) is 133 Å². The number of amides is 1. The summed E-state index contributed by atoms with van der Waals surface area (Å²) in [7, 11) is 3.17. The highest BCUT2D eigenvalue weighted by Gasteiger charge is 2.30. The lowest BCUT2D eigenvalue weighted by Gasteiger charge is -2.21. The number of benzene rings is 4. The van der Waals surface area contributed by atoms with Gasteiger partial charge in [0, 0.05) is 16.4 Å². The Bertz CT molecular complexity index is 1510. The normalized spacial score (nSPS) is 13.0. The van der Waals surface area contributed by atoms with Crippen molar-refractivity contribution >= 4 is 33.7 Å².